The molecule has 2 fully saturated rings. The monoisotopic (exact) mass is 906 g/mol. The molecule has 8 rings (SSSR count). The Morgan fingerprint density at radius 2 is 1.64 bits per heavy atom. The number of halogens is 1. The third kappa shape index (κ3) is 9.86. The summed E-state index contributed by atoms with van der Waals surface area (Å²) in [5.74, 6) is 3.37. The Morgan fingerprint density at radius 3 is 2.34 bits per heavy atom. The van der Waals surface area contributed by atoms with Crippen LogP contribution in [0.5, 0.6) is 11.5 Å². The van der Waals surface area contributed by atoms with Crippen molar-refractivity contribution in [2.24, 2.45) is 13.0 Å². The topological polar surface area (TPSA) is 118 Å². The number of aryl methyl sites for hydroxylation is 2. The second-order valence-corrected chi connectivity index (χ2v) is 19.3. The van der Waals surface area contributed by atoms with Gasteiger partial charge in [-0.05, 0) is 154 Å². The summed E-state index contributed by atoms with van der Waals surface area (Å²) in [5.41, 5.74) is 7.34. The number of rotatable bonds is 16. The largest absolute Gasteiger partial charge is 0.493 e. The zero-order chi connectivity index (χ0) is 45.1. The first-order chi connectivity index (χ1) is 30.9. The molecule has 338 valence electrons. The number of ether oxygens (including phenoxy) is 2. The molecule has 3 amide bonds. The van der Waals surface area contributed by atoms with Crippen LogP contribution in [0.15, 0.2) is 83.7 Å². The lowest BCUT2D eigenvalue weighted by Gasteiger charge is -2.38. The summed E-state index contributed by atoms with van der Waals surface area (Å²) in [4.78, 5) is 58.2. The molecular weight excluding hydrogens is 848 g/mol. The van der Waals surface area contributed by atoms with E-state index in [1.165, 1.54) is 23.0 Å². The molecule has 0 aliphatic carbocycles. The van der Waals surface area contributed by atoms with Gasteiger partial charge in [-0.1, -0.05) is 29.8 Å². The molecule has 1 aromatic heterocycles. The van der Waals surface area contributed by atoms with E-state index in [9.17, 15) is 19.2 Å². The fourth-order valence-electron chi connectivity index (χ4n) is 9.55. The van der Waals surface area contributed by atoms with Gasteiger partial charge in [0, 0.05) is 55.8 Å². The predicted octanol–water partition coefficient (Wildman–Crippen LogP) is 7.96. The number of nitrogens with one attached hydrogen (secondary N) is 1. The van der Waals surface area contributed by atoms with Gasteiger partial charge in [0.2, 0.25) is 17.7 Å². The van der Waals surface area contributed by atoms with E-state index in [0.29, 0.717) is 28.9 Å². The van der Waals surface area contributed by atoms with Gasteiger partial charge in [0.1, 0.15) is 6.04 Å². The van der Waals surface area contributed by atoms with Crippen molar-refractivity contribution in [3.63, 3.8) is 0 Å². The smallest absolute Gasteiger partial charge is 0.329 e. The van der Waals surface area contributed by atoms with Gasteiger partial charge in [-0.3, -0.25) is 28.8 Å². The number of amides is 3. The lowest BCUT2D eigenvalue weighted by Crippen LogP contribution is -2.44. The summed E-state index contributed by atoms with van der Waals surface area (Å²) in [6.07, 6.45) is 5.07. The van der Waals surface area contributed by atoms with Crippen LogP contribution in [0.1, 0.15) is 80.3 Å². The number of anilines is 2. The fraction of sp³-hybridized carbons (Fsp3) is 0.440. The number of imidazole rings is 1. The standard InChI is InChI=1S/C50H59ClN6O6S/c1-32(2)63-45-30-40-36(28-44(45)62-5)29-47(59)56(48(40)35-9-11-37(51)12-10-35)39-15-13-38(14-16-39)53(3)31-34-20-22-55(23-21-34)24-26-64-25-6-7-33-8-17-41-43(27-33)54(4)50(61)57(41)42-18-19-46(58)52-49(42)60/h8-17,27-28,30,32,34,42,48H,6-7,18-26,29,31H2,1-5H3,(H,52,58,60)/t42?,48-/m0/s1. The van der Waals surface area contributed by atoms with Crippen LogP contribution in [0.3, 0.4) is 0 Å². The first-order valence-electron chi connectivity index (χ1n) is 22.5. The van der Waals surface area contributed by atoms with E-state index < -0.39 is 11.9 Å². The van der Waals surface area contributed by atoms with E-state index in [-0.39, 0.29) is 42.5 Å². The number of methoxy groups -OCH3 is 1. The summed E-state index contributed by atoms with van der Waals surface area (Å²) in [6.45, 7) is 8.27. The van der Waals surface area contributed by atoms with E-state index in [4.69, 9.17) is 21.1 Å². The highest BCUT2D eigenvalue weighted by Crippen LogP contribution is 2.44. The van der Waals surface area contributed by atoms with Crippen molar-refractivity contribution in [1.82, 2.24) is 19.4 Å². The van der Waals surface area contributed by atoms with Gasteiger partial charge >= 0.3 is 5.69 Å². The number of thioether (sulfide) groups is 1. The van der Waals surface area contributed by atoms with Crippen molar-refractivity contribution < 1.29 is 23.9 Å². The van der Waals surface area contributed by atoms with Crippen LogP contribution < -0.4 is 30.3 Å². The number of fused-ring (bicyclic) bond motifs is 2. The molecule has 12 nitrogen and oxygen atoms in total. The quantitative estimate of drug-likeness (QED) is 0.0778. The summed E-state index contributed by atoms with van der Waals surface area (Å²) in [5, 5.41) is 3.02. The number of hydrogen-bond acceptors (Lipinski definition) is 9. The van der Waals surface area contributed by atoms with E-state index in [2.05, 4.69) is 58.6 Å². The molecular formula is C50H59ClN6O6S. The molecule has 1 N–H and O–H groups in total. The minimum Gasteiger partial charge on any atom is -0.493 e. The highest BCUT2D eigenvalue weighted by molar-refractivity contribution is 7.99. The molecule has 4 aromatic carbocycles. The highest BCUT2D eigenvalue weighted by atomic mass is 35.5. The summed E-state index contributed by atoms with van der Waals surface area (Å²) < 4.78 is 15.0. The Kier molecular flexibility index (Phi) is 14.1. The maximum atomic E-state index is 14.0. The lowest BCUT2D eigenvalue weighted by atomic mass is 9.86. The summed E-state index contributed by atoms with van der Waals surface area (Å²) in [7, 11) is 5.53. The average Bonchev–Trinajstić information content (AvgIpc) is 3.52. The van der Waals surface area contributed by atoms with E-state index in [1.54, 1.807) is 18.7 Å². The third-order valence-electron chi connectivity index (χ3n) is 12.9. The van der Waals surface area contributed by atoms with Crippen molar-refractivity contribution in [2.75, 3.05) is 61.6 Å². The number of carbonyl (C=O) groups is 3. The number of piperidine rings is 2. The number of nitrogens with zero attached hydrogens (tertiary/aromatic N) is 5. The normalized spacial score (nSPS) is 18.4. The minimum absolute atomic E-state index is 0.0175. The minimum atomic E-state index is -0.671. The van der Waals surface area contributed by atoms with Crippen LogP contribution >= 0.6 is 23.4 Å². The van der Waals surface area contributed by atoms with E-state index >= 15 is 0 Å². The Labute approximate surface area is 384 Å². The molecule has 0 spiro atoms. The zero-order valence-electron chi connectivity index (χ0n) is 37.5. The van der Waals surface area contributed by atoms with E-state index in [0.717, 1.165) is 89.6 Å². The van der Waals surface area contributed by atoms with Crippen LogP contribution in [0.25, 0.3) is 11.0 Å². The molecule has 2 saturated heterocycles. The van der Waals surface area contributed by atoms with Crippen molar-refractivity contribution >= 4 is 63.5 Å². The number of aromatic nitrogens is 2. The van der Waals surface area contributed by atoms with Gasteiger partial charge in [0.25, 0.3) is 0 Å². The third-order valence-corrected chi connectivity index (χ3v) is 14.2. The van der Waals surface area contributed by atoms with Crippen LogP contribution in [-0.4, -0.2) is 89.7 Å². The van der Waals surface area contributed by atoms with Gasteiger partial charge in [0.05, 0.1) is 36.7 Å². The van der Waals surface area contributed by atoms with Crippen molar-refractivity contribution in [2.45, 2.75) is 77.0 Å². The number of carbonyl (C=O) groups excluding carboxylic acids is 3. The summed E-state index contributed by atoms with van der Waals surface area (Å²) in [6, 6.07) is 25.1. The SMILES string of the molecule is COc1cc2c(cc1OC(C)C)[C@H](c1ccc(Cl)cc1)N(c1ccc(N(C)CC3CCN(CCSCCCc4ccc5c(c4)n(C)c(=O)n5C4CCC(=O)NC4=O)CC3)cc1)C(=O)C2. The first kappa shape index (κ1) is 45.3. The maximum absolute atomic E-state index is 14.0. The molecule has 2 atom stereocenters. The Morgan fingerprint density at radius 1 is 0.891 bits per heavy atom. The zero-order valence-corrected chi connectivity index (χ0v) is 39.1. The van der Waals surface area contributed by atoms with Gasteiger partial charge in [-0.15, -0.1) is 0 Å². The molecule has 64 heavy (non-hydrogen) atoms. The molecule has 4 heterocycles. The van der Waals surface area contributed by atoms with Crippen LogP contribution in [-0.2, 0) is 34.3 Å². The number of hydrogen-bond donors (Lipinski definition) is 1. The number of likely N-dealkylation sites (tertiary alicyclic amines) is 1. The first-order valence-corrected chi connectivity index (χ1v) is 24.0. The summed E-state index contributed by atoms with van der Waals surface area (Å²) >= 11 is 8.32. The van der Waals surface area contributed by atoms with Crippen molar-refractivity contribution in [1.29, 1.82) is 0 Å². The Bertz CT molecular complexity index is 2550. The molecule has 1 unspecified atom stereocenters. The maximum Gasteiger partial charge on any atom is 0.329 e. The average molecular weight is 908 g/mol. The molecule has 5 aromatic rings. The molecule has 0 bridgehead atoms. The van der Waals surface area contributed by atoms with Gasteiger partial charge < -0.3 is 24.2 Å². The van der Waals surface area contributed by atoms with Crippen LogP contribution in [0.2, 0.25) is 5.02 Å². The van der Waals surface area contributed by atoms with Crippen LogP contribution in [0.4, 0.5) is 11.4 Å². The fourth-order valence-corrected chi connectivity index (χ4v) is 10.6. The second-order valence-electron chi connectivity index (χ2n) is 17.7. The molecule has 3 aliphatic rings. The van der Waals surface area contributed by atoms with Crippen molar-refractivity contribution in [3.05, 3.63) is 117 Å². The molecule has 3 aliphatic heterocycles. The second kappa shape index (κ2) is 19.9. The molecule has 0 radical (unpaired) electrons. The Hall–Kier alpha value is -5.24. The van der Waals surface area contributed by atoms with Gasteiger partial charge in [-0.25, -0.2) is 4.79 Å². The number of imide groups is 1. The van der Waals surface area contributed by atoms with Crippen LogP contribution in [0, 0.1) is 5.92 Å². The van der Waals surface area contributed by atoms with Crippen molar-refractivity contribution in [3.8, 4) is 11.5 Å². The lowest BCUT2D eigenvalue weighted by molar-refractivity contribution is -0.135. The predicted molar refractivity (Wildman–Crippen MR) is 256 cm³/mol. The van der Waals surface area contributed by atoms with Gasteiger partial charge in [0.15, 0.2) is 11.5 Å². The highest BCUT2D eigenvalue weighted by Gasteiger charge is 2.36. The number of benzene rings is 4. The van der Waals surface area contributed by atoms with Gasteiger partial charge in [-0.2, -0.15) is 11.8 Å². The molecule has 14 heteroatoms. The van der Waals surface area contributed by atoms with E-state index in [1.807, 2.05) is 73.0 Å². The Balaban J connectivity index is 0.808. The molecule has 0 saturated carbocycles.